The van der Waals surface area contributed by atoms with Crippen molar-refractivity contribution in [2.45, 2.75) is 23.8 Å². The van der Waals surface area contributed by atoms with E-state index < -0.39 is 10.0 Å². The Kier molecular flexibility index (Phi) is 5.08. The summed E-state index contributed by atoms with van der Waals surface area (Å²) < 4.78 is 36.9. The van der Waals surface area contributed by atoms with Gasteiger partial charge >= 0.3 is 0 Å². The van der Waals surface area contributed by atoms with Gasteiger partial charge in [-0.1, -0.05) is 0 Å². The van der Waals surface area contributed by atoms with Crippen LogP contribution in [0.25, 0.3) is 0 Å². The van der Waals surface area contributed by atoms with Crippen LogP contribution in [-0.4, -0.2) is 53.1 Å². The molecule has 1 fully saturated rings. The van der Waals surface area contributed by atoms with E-state index in [1.54, 1.807) is 13.1 Å². The first kappa shape index (κ1) is 16.1. The van der Waals surface area contributed by atoms with Crippen molar-refractivity contribution in [3.8, 4) is 11.5 Å². The highest BCUT2D eigenvalue weighted by atomic mass is 32.2. The molecule has 1 N–H and O–H groups in total. The highest BCUT2D eigenvalue weighted by Gasteiger charge is 2.26. The molecule has 1 aliphatic heterocycles. The molecule has 0 spiro atoms. The lowest BCUT2D eigenvalue weighted by molar-refractivity contribution is 0.353. The van der Waals surface area contributed by atoms with E-state index in [2.05, 4.69) is 5.32 Å². The Morgan fingerprint density at radius 1 is 1.29 bits per heavy atom. The van der Waals surface area contributed by atoms with E-state index in [0.29, 0.717) is 18.0 Å². The molecule has 0 aliphatic carbocycles. The van der Waals surface area contributed by atoms with E-state index >= 15 is 0 Å². The second-order valence-electron chi connectivity index (χ2n) is 5.10. The third-order valence-electron chi connectivity index (χ3n) is 3.70. The number of methoxy groups -OCH3 is 2. The quantitative estimate of drug-likeness (QED) is 0.851. The summed E-state index contributed by atoms with van der Waals surface area (Å²) >= 11 is 0. The standard InChI is InChI=1S/C14H22N2O4S/c1-16(10-11-5-4-8-15-11)21(17,18)12-6-7-13(19-2)14(9-12)20-3/h6-7,9,11,15H,4-5,8,10H2,1-3H3. The van der Waals surface area contributed by atoms with E-state index in [-0.39, 0.29) is 10.9 Å². The molecule has 21 heavy (non-hydrogen) atoms. The van der Waals surface area contributed by atoms with Crippen LogP contribution in [0.2, 0.25) is 0 Å². The third-order valence-corrected chi connectivity index (χ3v) is 5.52. The van der Waals surface area contributed by atoms with Crippen LogP contribution in [0.3, 0.4) is 0 Å². The number of hydrogen-bond acceptors (Lipinski definition) is 5. The molecule has 1 aliphatic rings. The predicted octanol–water partition coefficient (Wildman–Crippen LogP) is 1.08. The van der Waals surface area contributed by atoms with Crippen molar-refractivity contribution < 1.29 is 17.9 Å². The van der Waals surface area contributed by atoms with Crippen LogP contribution in [-0.2, 0) is 10.0 Å². The summed E-state index contributed by atoms with van der Waals surface area (Å²) in [6, 6.07) is 4.86. The van der Waals surface area contributed by atoms with E-state index in [1.165, 1.54) is 30.7 Å². The van der Waals surface area contributed by atoms with Crippen molar-refractivity contribution in [1.82, 2.24) is 9.62 Å². The fourth-order valence-electron chi connectivity index (χ4n) is 2.48. The Morgan fingerprint density at radius 2 is 2.00 bits per heavy atom. The Labute approximate surface area is 126 Å². The number of rotatable bonds is 6. The Balaban J connectivity index is 2.21. The molecule has 0 aromatic heterocycles. The van der Waals surface area contributed by atoms with E-state index in [4.69, 9.17) is 9.47 Å². The van der Waals surface area contributed by atoms with Gasteiger partial charge in [-0.3, -0.25) is 0 Å². The van der Waals surface area contributed by atoms with Gasteiger partial charge in [0, 0.05) is 25.7 Å². The smallest absolute Gasteiger partial charge is 0.243 e. The van der Waals surface area contributed by atoms with E-state index in [0.717, 1.165) is 19.4 Å². The number of nitrogens with zero attached hydrogens (tertiary/aromatic N) is 1. The van der Waals surface area contributed by atoms with Gasteiger partial charge in [0.15, 0.2) is 11.5 Å². The third kappa shape index (κ3) is 3.48. The van der Waals surface area contributed by atoms with E-state index in [1.807, 2.05) is 0 Å². The van der Waals surface area contributed by atoms with Gasteiger partial charge in [0.2, 0.25) is 10.0 Å². The monoisotopic (exact) mass is 314 g/mol. The number of likely N-dealkylation sites (N-methyl/N-ethyl adjacent to an activating group) is 1. The van der Waals surface area contributed by atoms with Crippen LogP contribution >= 0.6 is 0 Å². The molecule has 7 heteroatoms. The molecule has 6 nitrogen and oxygen atoms in total. The molecule has 0 saturated carbocycles. The summed E-state index contributed by atoms with van der Waals surface area (Å²) in [6.45, 7) is 1.42. The first-order chi connectivity index (χ1) is 9.98. The molecule has 118 valence electrons. The molecule has 1 atom stereocenters. The highest BCUT2D eigenvalue weighted by molar-refractivity contribution is 7.89. The van der Waals surface area contributed by atoms with E-state index in [9.17, 15) is 8.42 Å². The fourth-order valence-corrected chi connectivity index (χ4v) is 3.71. The van der Waals surface area contributed by atoms with Crippen LogP contribution in [0.1, 0.15) is 12.8 Å². The lowest BCUT2D eigenvalue weighted by atomic mass is 10.2. The Hall–Kier alpha value is -1.31. The molecule has 1 saturated heterocycles. The summed E-state index contributed by atoms with van der Waals surface area (Å²) in [6.07, 6.45) is 2.10. The number of benzene rings is 1. The lowest BCUT2D eigenvalue weighted by Crippen LogP contribution is -2.38. The normalized spacial score (nSPS) is 19.0. The predicted molar refractivity (Wildman–Crippen MR) is 80.4 cm³/mol. The first-order valence-corrected chi connectivity index (χ1v) is 8.35. The second-order valence-corrected chi connectivity index (χ2v) is 7.14. The molecule has 1 heterocycles. The number of nitrogens with one attached hydrogen (secondary N) is 1. The SMILES string of the molecule is COc1ccc(S(=O)(=O)N(C)CC2CCCN2)cc1OC. The lowest BCUT2D eigenvalue weighted by Gasteiger charge is -2.21. The Morgan fingerprint density at radius 3 is 2.57 bits per heavy atom. The molecule has 0 amide bonds. The van der Waals surface area contributed by atoms with Crippen molar-refractivity contribution in [1.29, 1.82) is 0 Å². The van der Waals surface area contributed by atoms with Gasteiger partial charge in [0.05, 0.1) is 19.1 Å². The molecule has 2 rings (SSSR count). The van der Waals surface area contributed by atoms with Gasteiger partial charge in [-0.05, 0) is 31.5 Å². The molecular weight excluding hydrogens is 292 g/mol. The summed E-state index contributed by atoms with van der Waals surface area (Å²) in [4.78, 5) is 0.209. The largest absolute Gasteiger partial charge is 0.493 e. The number of sulfonamides is 1. The summed E-state index contributed by atoms with van der Waals surface area (Å²) in [5.74, 6) is 0.919. The molecule has 1 aromatic carbocycles. The molecular formula is C14H22N2O4S. The average molecular weight is 314 g/mol. The summed E-state index contributed by atoms with van der Waals surface area (Å²) in [5, 5.41) is 3.30. The van der Waals surface area contributed by atoms with Crippen molar-refractivity contribution in [2.75, 3.05) is 34.4 Å². The van der Waals surface area contributed by atoms with Crippen LogP contribution in [0.15, 0.2) is 23.1 Å². The maximum Gasteiger partial charge on any atom is 0.243 e. The van der Waals surface area contributed by atoms with Crippen LogP contribution in [0.4, 0.5) is 0 Å². The van der Waals surface area contributed by atoms with Crippen LogP contribution in [0, 0.1) is 0 Å². The van der Waals surface area contributed by atoms with Crippen molar-refractivity contribution in [2.24, 2.45) is 0 Å². The summed E-state index contributed by atoms with van der Waals surface area (Å²) in [5.41, 5.74) is 0. The molecule has 1 unspecified atom stereocenters. The topological polar surface area (TPSA) is 67.9 Å². The molecule has 0 bridgehead atoms. The maximum atomic E-state index is 12.6. The van der Waals surface area contributed by atoms with Gasteiger partial charge in [0.25, 0.3) is 0 Å². The zero-order valence-corrected chi connectivity index (χ0v) is 13.4. The van der Waals surface area contributed by atoms with Crippen LogP contribution < -0.4 is 14.8 Å². The summed E-state index contributed by atoms with van der Waals surface area (Å²) in [7, 11) is 1.08. The number of ether oxygens (including phenoxy) is 2. The minimum absolute atomic E-state index is 0.209. The number of hydrogen-bond donors (Lipinski definition) is 1. The van der Waals surface area contributed by atoms with Crippen LogP contribution in [0.5, 0.6) is 11.5 Å². The van der Waals surface area contributed by atoms with Crippen molar-refractivity contribution in [3.63, 3.8) is 0 Å². The maximum absolute atomic E-state index is 12.6. The van der Waals surface area contributed by atoms with Crippen molar-refractivity contribution in [3.05, 3.63) is 18.2 Å². The molecule has 1 aromatic rings. The van der Waals surface area contributed by atoms with Crippen molar-refractivity contribution >= 4 is 10.0 Å². The Bertz CT molecular complexity index is 583. The minimum Gasteiger partial charge on any atom is -0.493 e. The average Bonchev–Trinajstić information content (AvgIpc) is 2.99. The minimum atomic E-state index is -3.53. The van der Waals surface area contributed by atoms with Gasteiger partial charge in [-0.25, -0.2) is 8.42 Å². The van der Waals surface area contributed by atoms with Gasteiger partial charge < -0.3 is 14.8 Å². The van der Waals surface area contributed by atoms with Gasteiger partial charge in [-0.15, -0.1) is 0 Å². The highest BCUT2D eigenvalue weighted by Crippen LogP contribution is 2.30. The fraction of sp³-hybridized carbons (Fsp3) is 0.571. The second kappa shape index (κ2) is 6.64. The van der Waals surface area contributed by atoms with Gasteiger partial charge in [0.1, 0.15) is 0 Å². The molecule has 0 radical (unpaired) electrons. The van der Waals surface area contributed by atoms with Gasteiger partial charge in [-0.2, -0.15) is 4.31 Å². The first-order valence-electron chi connectivity index (χ1n) is 6.90. The zero-order chi connectivity index (χ0) is 15.5. The zero-order valence-electron chi connectivity index (χ0n) is 12.6.